The van der Waals surface area contributed by atoms with Gasteiger partial charge < -0.3 is 8.97 Å². The molecule has 0 atom stereocenters. The van der Waals surface area contributed by atoms with Crippen LogP contribution in [0.2, 0.25) is 0 Å². The van der Waals surface area contributed by atoms with E-state index in [4.69, 9.17) is 9.97 Å². The summed E-state index contributed by atoms with van der Waals surface area (Å²) in [5, 5.41) is 14.6. The Morgan fingerprint density at radius 1 is 0.371 bits per heavy atom. The third kappa shape index (κ3) is 4.12. The van der Waals surface area contributed by atoms with E-state index in [2.05, 4.69) is 202 Å². The molecule has 15 rings (SSSR count). The first-order valence-electron chi connectivity index (χ1n) is 21.1. The lowest BCUT2D eigenvalue weighted by atomic mass is 10.00. The van der Waals surface area contributed by atoms with Gasteiger partial charge in [0.1, 0.15) is 4.83 Å². The Kier molecular flexibility index (Phi) is 6.24. The molecule has 9 aromatic carbocycles. The molecule has 6 heteroatoms. The van der Waals surface area contributed by atoms with Crippen molar-refractivity contribution in [2.75, 3.05) is 0 Å². The Morgan fingerprint density at radius 2 is 1.02 bits per heavy atom. The number of nitrogens with zero attached hydrogens (tertiary/aromatic N) is 5. The van der Waals surface area contributed by atoms with E-state index in [1.165, 1.54) is 91.5 Å². The number of para-hydroxylation sites is 4. The lowest BCUT2D eigenvalue weighted by Crippen LogP contribution is -2.02. The highest BCUT2D eigenvalue weighted by atomic mass is 32.1. The Morgan fingerprint density at radius 3 is 1.85 bits per heavy atom. The zero-order valence-corrected chi connectivity index (χ0v) is 33.9. The van der Waals surface area contributed by atoms with Crippen LogP contribution in [0.3, 0.4) is 0 Å². The van der Waals surface area contributed by atoms with E-state index in [0.717, 1.165) is 38.3 Å². The minimum atomic E-state index is 0.710. The van der Waals surface area contributed by atoms with E-state index in [1.807, 2.05) is 0 Å². The monoisotopic (exact) mass is 805 g/mol. The van der Waals surface area contributed by atoms with Crippen molar-refractivity contribution in [2.45, 2.75) is 0 Å². The Hall–Kier alpha value is -8.06. The number of hydrogen-bond donors (Lipinski definition) is 0. The summed E-state index contributed by atoms with van der Waals surface area (Å²) in [6.07, 6.45) is 0. The highest BCUT2D eigenvalue weighted by molar-refractivity contribution is 7.25. The van der Waals surface area contributed by atoms with Gasteiger partial charge in [-0.05, 0) is 77.5 Å². The molecule has 62 heavy (non-hydrogen) atoms. The van der Waals surface area contributed by atoms with Crippen molar-refractivity contribution in [3.05, 3.63) is 188 Å². The SMILES string of the molecule is c1ccc(-n2c3ccccc3c3cc(-c4nc(-n5c6ccccc6c6cc7c8c9ccccc9ccc8n8c9ccccc9c(c65)c78)c5c(n4)sc4ccccc45)ccc32)cc1. The van der Waals surface area contributed by atoms with Crippen LogP contribution in [0.25, 0.3) is 136 Å². The average Bonchev–Trinajstić information content (AvgIpc) is 4.13. The van der Waals surface area contributed by atoms with Crippen LogP contribution in [-0.4, -0.2) is 23.5 Å². The normalized spacial score (nSPS) is 12.5. The Bertz CT molecular complexity index is 4390. The quantitative estimate of drug-likeness (QED) is 0.178. The van der Waals surface area contributed by atoms with E-state index >= 15 is 0 Å². The van der Waals surface area contributed by atoms with Gasteiger partial charge in [0, 0.05) is 64.4 Å². The smallest absolute Gasteiger partial charge is 0.163 e. The van der Waals surface area contributed by atoms with Gasteiger partial charge in [0.25, 0.3) is 0 Å². The van der Waals surface area contributed by atoms with Gasteiger partial charge in [-0.2, -0.15) is 0 Å². The van der Waals surface area contributed by atoms with Gasteiger partial charge in [-0.1, -0.05) is 121 Å². The topological polar surface area (TPSA) is 40.0 Å². The van der Waals surface area contributed by atoms with E-state index in [-0.39, 0.29) is 0 Å². The van der Waals surface area contributed by atoms with Crippen LogP contribution >= 0.6 is 11.3 Å². The third-order valence-electron chi connectivity index (χ3n) is 13.4. The maximum atomic E-state index is 5.75. The first-order chi connectivity index (χ1) is 30.8. The van der Waals surface area contributed by atoms with Gasteiger partial charge in [-0.3, -0.25) is 4.57 Å². The van der Waals surface area contributed by atoms with Gasteiger partial charge in [-0.25, -0.2) is 9.97 Å². The number of aromatic nitrogens is 5. The molecule has 0 aliphatic heterocycles. The van der Waals surface area contributed by atoms with Crippen LogP contribution < -0.4 is 0 Å². The van der Waals surface area contributed by atoms with Crippen LogP contribution in [0.5, 0.6) is 0 Å². The van der Waals surface area contributed by atoms with Crippen LogP contribution in [0.4, 0.5) is 0 Å². The first kappa shape index (κ1) is 32.8. The van der Waals surface area contributed by atoms with Crippen LogP contribution in [0.1, 0.15) is 0 Å². The standard InChI is InChI=1S/C56H31N5S/c1-2-15-34(16-3-1)59-43-22-10-6-18-36(43)40-30-33(27-28-46(40)59)54-57-55(51-39-21-9-13-25-48(39)62-56(51)58-54)61-44-23-11-7-19-37(44)41-31-42-49-35-17-5-4-14-32(35)26-29-47(49)60-45-24-12-8-20-38(45)50(52(41)61)53(42)60/h1-31H. The lowest BCUT2D eigenvalue weighted by Gasteiger charge is -2.12. The predicted octanol–water partition coefficient (Wildman–Crippen LogP) is 15.0. The molecular formula is C56H31N5S. The molecule has 0 spiro atoms. The van der Waals surface area contributed by atoms with Crippen molar-refractivity contribution in [2.24, 2.45) is 0 Å². The van der Waals surface area contributed by atoms with Gasteiger partial charge >= 0.3 is 0 Å². The highest BCUT2D eigenvalue weighted by Gasteiger charge is 2.27. The van der Waals surface area contributed by atoms with Gasteiger partial charge in [0.2, 0.25) is 0 Å². The summed E-state index contributed by atoms with van der Waals surface area (Å²) in [5.41, 5.74) is 10.4. The van der Waals surface area contributed by atoms with Crippen molar-refractivity contribution in [3.8, 4) is 22.9 Å². The minimum absolute atomic E-state index is 0.710. The second-order valence-corrected chi connectivity index (χ2v) is 17.5. The van der Waals surface area contributed by atoms with E-state index in [1.54, 1.807) is 11.3 Å². The Labute approximate surface area is 356 Å². The molecule has 0 bridgehead atoms. The fourth-order valence-electron chi connectivity index (χ4n) is 10.9. The van der Waals surface area contributed by atoms with Crippen molar-refractivity contribution >= 4 is 124 Å². The van der Waals surface area contributed by atoms with E-state index < -0.39 is 0 Å². The molecule has 286 valence electrons. The molecule has 0 saturated heterocycles. The molecule has 5 nitrogen and oxygen atoms in total. The van der Waals surface area contributed by atoms with Gasteiger partial charge in [-0.15, -0.1) is 11.3 Å². The molecule has 0 saturated carbocycles. The number of thiophene rings is 1. The van der Waals surface area contributed by atoms with Crippen molar-refractivity contribution in [1.29, 1.82) is 0 Å². The number of rotatable bonds is 3. The van der Waals surface area contributed by atoms with Crippen molar-refractivity contribution in [1.82, 2.24) is 23.5 Å². The number of hydrogen-bond acceptors (Lipinski definition) is 3. The van der Waals surface area contributed by atoms with E-state index in [0.29, 0.717) is 5.82 Å². The van der Waals surface area contributed by atoms with Crippen LogP contribution in [-0.2, 0) is 0 Å². The fraction of sp³-hybridized carbons (Fsp3) is 0. The molecular weight excluding hydrogens is 775 g/mol. The van der Waals surface area contributed by atoms with Gasteiger partial charge in [0.15, 0.2) is 11.6 Å². The highest BCUT2D eigenvalue weighted by Crippen LogP contribution is 2.49. The summed E-state index contributed by atoms with van der Waals surface area (Å²) in [4.78, 5) is 12.2. The molecule has 0 N–H and O–H groups in total. The zero-order chi connectivity index (χ0) is 40.2. The number of benzene rings is 9. The molecule has 0 radical (unpaired) electrons. The van der Waals surface area contributed by atoms with Crippen molar-refractivity contribution < 1.29 is 0 Å². The number of fused-ring (bicyclic) bond motifs is 18. The molecule has 0 fully saturated rings. The van der Waals surface area contributed by atoms with Crippen LogP contribution in [0, 0.1) is 0 Å². The summed E-state index contributed by atoms with van der Waals surface area (Å²) < 4.78 is 8.53. The Balaban J connectivity index is 1.10. The molecule has 6 heterocycles. The molecule has 0 aliphatic carbocycles. The average molecular weight is 806 g/mol. The summed E-state index contributed by atoms with van der Waals surface area (Å²) in [6.45, 7) is 0. The zero-order valence-electron chi connectivity index (χ0n) is 33.0. The minimum Gasteiger partial charge on any atom is -0.309 e. The molecule has 0 aliphatic rings. The second kappa shape index (κ2) is 11.8. The first-order valence-corrected chi connectivity index (χ1v) is 21.9. The molecule has 0 amide bonds. The summed E-state index contributed by atoms with van der Waals surface area (Å²) in [7, 11) is 0. The van der Waals surface area contributed by atoms with E-state index in [9.17, 15) is 0 Å². The summed E-state index contributed by atoms with van der Waals surface area (Å²) >= 11 is 1.74. The van der Waals surface area contributed by atoms with Crippen molar-refractivity contribution in [3.63, 3.8) is 0 Å². The summed E-state index contributed by atoms with van der Waals surface area (Å²) in [6, 6.07) is 68.4. The predicted molar refractivity (Wildman–Crippen MR) is 261 cm³/mol. The van der Waals surface area contributed by atoms with Crippen LogP contribution in [0.15, 0.2) is 188 Å². The second-order valence-electron chi connectivity index (χ2n) is 16.5. The largest absolute Gasteiger partial charge is 0.309 e. The summed E-state index contributed by atoms with van der Waals surface area (Å²) in [5.74, 6) is 1.61. The lowest BCUT2D eigenvalue weighted by molar-refractivity contribution is 1.08. The molecule has 6 aromatic heterocycles. The van der Waals surface area contributed by atoms with Gasteiger partial charge in [0.05, 0.1) is 44.0 Å². The maximum Gasteiger partial charge on any atom is 0.163 e. The third-order valence-corrected chi connectivity index (χ3v) is 14.4. The maximum absolute atomic E-state index is 5.75. The molecule has 15 aromatic rings. The molecule has 0 unspecified atom stereocenters. The fourth-order valence-corrected chi connectivity index (χ4v) is 11.9.